The van der Waals surface area contributed by atoms with Gasteiger partial charge in [-0.1, -0.05) is 12.1 Å². The van der Waals surface area contributed by atoms with Crippen molar-refractivity contribution in [3.63, 3.8) is 0 Å². The van der Waals surface area contributed by atoms with Crippen molar-refractivity contribution in [2.45, 2.75) is 44.3 Å². The summed E-state index contributed by atoms with van der Waals surface area (Å²) in [7, 11) is 0. The Labute approximate surface area is 177 Å². The number of amides is 1. The predicted molar refractivity (Wildman–Crippen MR) is 110 cm³/mol. The molecule has 0 radical (unpaired) electrons. The maximum atomic E-state index is 13.4. The molecule has 31 heavy (non-hydrogen) atoms. The van der Waals surface area contributed by atoms with Crippen LogP contribution in [0.1, 0.15) is 47.6 Å². The van der Waals surface area contributed by atoms with Crippen LogP contribution in [-0.2, 0) is 5.41 Å². The molecule has 1 atom stereocenters. The molecule has 5 rings (SSSR count). The Balaban J connectivity index is 1.50. The van der Waals surface area contributed by atoms with Crippen molar-refractivity contribution in [3.05, 3.63) is 65.7 Å². The molecule has 1 fully saturated rings. The second-order valence-corrected chi connectivity index (χ2v) is 8.43. The molecule has 1 saturated carbocycles. The maximum absolute atomic E-state index is 13.4. The summed E-state index contributed by atoms with van der Waals surface area (Å²) in [6, 6.07) is 9.91. The smallest absolute Gasteiger partial charge is 0.305 e. The standard InChI is InChI=1S/C23H21F3N4O/c1-14-11-16(7-10-27-14)19-12-28-30-15(2)13-29(21(31)20(19)30)18-5-3-17(4-6-18)22(8-9-22)23(24,25)26/h3-7,10-12,15H,8-9,13H2,1-2H3/t15-/m0/s1. The molecule has 1 amide bonds. The highest BCUT2D eigenvalue weighted by molar-refractivity contribution is 6.09. The SMILES string of the molecule is Cc1cc(-c2cnn3c2C(=O)N(c2ccc(C4(C(F)(F)F)CC4)cc2)C[C@@H]3C)ccn1. The van der Waals surface area contributed by atoms with Crippen LogP contribution in [0.15, 0.2) is 48.8 Å². The minimum absolute atomic E-state index is 0.0750. The lowest BCUT2D eigenvalue weighted by Gasteiger charge is -2.32. The molecular formula is C23H21F3N4O. The summed E-state index contributed by atoms with van der Waals surface area (Å²) in [6.45, 7) is 4.24. The number of anilines is 1. The van der Waals surface area contributed by atoms with Crippen molar-refractivity contribution < 1.29 is 18.0 Å². The topological polar surface area (TPSA) is 51.0 Å². The molecule has 0 saturated heterocycles. The third kappa shape index (κ3) is 3.04. The number of fused-ring (bicyclic) bond motifs is 1. The number of hydrogen-bond donors (Lipinski definition) is 0. The van der Waals surface area contributed by atoms with Gasteiger partial charge in [0.15, 0.2) is 0 Å². The molecule has 5 nitrogen and oxygen atoms in total. The van der Waals surface area contributed by atoms with Crippen LogP contribution in [0.5, 0.6) is 0 Å². The number of aromatic nitrogens is 3. The van der Waals surface area contributed by atoms with Crippen LogP contribution >= 0.6 is 0 Å². The summed E-state index contributed by atoms with van der Waals surface area (Å²) >= 11 is 0. The van der Waals surface area contributed by atoms with Crippen LogP contribution in [0.3, 0.4) is 0 Å². The summed E-state index contributed by atoms with van der Waals surface area (Å²) in [5, 5.41) is 4.43. The van der Waals surface area contributed by atoms with E-state index in [1.165, 1.54) is 12.1 Å². The number of pyridine rings is 1. The average Bonchev–Trinajstić information content (AvgIpc) is 3.43. The molecule has 0 spiro atoms. The van der Waals surface area contributed by atoms with E-state index in [9.17, 15) is 18.0 Å². The first-order chi connectivity index (χ1) is 14.7. The lowest BCUT2D eigenvalue weighted by molar-refractivity contribution is -0.160. The highest BCUT2D eigenvalue weighted by Crippen LogP contribution is 2.59. The molecule has 1 aliphatic carbocycles. The highest BCUT2D eigenvalue weighted by Gasteiger charge is 2.64. The zero-order chi connectivity index (χ0) is 22.0. The van der Waals surface area contributed by atoms with Crippen molar-refractivity contribution in [2.24, 2.45) is 0 Å². The van der Waals surface area contributed by atoms with Gasteiger partial charge >= 0.3 is 6.18 Å². The van der Waals surface area contributed by atoms with Crippen LogP contribution in [0, 0.1) is 6.92 Å². The third-order valence-electron chi connectivity index (χ3n) is 6.34. The normalized spacial score (nSPS) is 20.0. The van der Waals surface area contributed by atoms with E-state index >= 15 is 0 Å². The summed E-state index contributed by atoms with van der Waals surface area (Å²) in [6.07, 6.45) is -0.650. The molecule has 0 N–H and O–H groups in total. The van der Waals surface area contributed by atoms with E-state index in [1.54, 1.807) is 34.1 Å². The minimum Gasteiger partial charge on any atom is -0.305 e. The summed E-state index contributed by atoms with van der Waals surface area (Å²) in [4.78, 5) is 19.3. The Kier molecular flexibility index (Phi) is 4.26. The van der Waals surface area contributed by atoms with Gasteiger partial charge in [0.1, 0.15) is 5.69 Å². The number of alkyl halides is 3. The summed E-state index contributed by atoms with van der Waals surface area (Å²) in [5.41, 5.74) is 2.00. The van der Waals surface area contributed by atoms with Gasteiger partial charge in [0.05, 0.1) is 17.7 Å². The van der Waals surface area contributed by atoms with E-state index in [0.29, 0.717) is 17.9 Å². The Morgan fingerprint density at radius 3 is 2.45 bits per heavy atom. The van der Waals surface area contributed by atoms with Gasteiger partial charge < -0.3 is 4.90 Å². The van der Waals surface area contributed by atoms with E-state index in [1.807, 2.05) is 26.0 Å². The van der Waals surface area contributed by atoms with Crippen molar-refractivity contribution in [1.29, 1.82) is 0 Å². The molecule has 160 valence electrons. The number of carbonyl (C=O) groups is 1. The highest BCUT2D eigenvalue weighted by atomic mass is 19.4. The number of hydrogen-bond acceptors (Lipinski definition) is 3. The van der Waals surface area contributed by atoms with Gasteiger partial charge in [-0.25, -0.2) is 0 Å². The van der Waals surface area contributed by atoms with Crippen LogP contribution in [-0.4, -0.2) is 33.4 Å². The average molecular weight is 426 g/mol. The van der Waals surface area contributed by atoms with E-state index in [2.05, 4.69) is 10.1 Å². The van der Waals surface area contributed by atoms with Gasteiger partial charge in [0.25, 0.3) is 5.91 Å². The molecule has 0 bridgehead atoms. The van der Waals surface area contributed by atoms with Gasteiger partial charge in [-0.15, -0.1) is 0 Å². The largest absolute Gasteiger partial charge is 0.398 e. The quantitative estimate of drug-likeness (QED) is 0.588. The molecule has 3 heterocycles. The Morgan fingerprint density at radius 2 is 1.84 bits per heavy atom. The maximum Gasteiger partial charge on any atom is 0.398 e. The van der Waals surface area contributed by atoms with Gasteiger partial charge in [0, 0.05) is 29.7 Å². The van der Waals surface area contributed by atoms with Crippen molar-refractivity contribution in [2.75, 3.05) is 11.4 Å². The minimum atomic E-state index is -4.26. The molecule has 2 aromatic heterocycles. The molecule has 8 heteroatoms. The van der Waals surface area contributed by atoms with E-state index in [4.69, 9.17) is 0 Å². The Morgan fingerprint density at radius 1 is 1.13 bits per heavy atom. The molecular weight excluding hydrogens is 405 g/mol. The van der Waals surface area contributed by atoms with Crippen LogP contribution in [0.2, 0.25) is 0 Å². The Bertz CT molecular complexity index is 1160. The molecule has 1 aliphatic heterocycles. The van der Waals surface area contributed by atoms with E-state index in [0.717, 1.165) is 16.8 Å². The van der Waals surface area contributed by atoms with Crippen LogP contribution in [0.25, 0.3) is 11.1 Å². The van der Waals surface area contributed by atoms with Gasteiger partial charge in [0.2, 0.25) is 0 Å². The fourth-order valence-corrected chi connectivity index (χ4v) is 4.43. The number of carbonyl (C=O) groups excluding carboxylic acids is 1. The van der Waals surface area contributed by atoms with E-state index < -0.39 is 11.6 Å². The first-order valence-electron chi connectivity index (χ1n) is 10.2. The predicted octanol–water partition coefficient (Wildman–Crippen LogP) is 5.07. The van der Waals surface area contributed by atoms with Gasteiger partial charge in [-0.05, 0) is 62.1 Å². The summed E-state index contributed by atoms with van der Waals surface area (Å²) < 4.78 is 42.0. The monoisotopic (exact) mass is 426 g/mol. The van der Waals surface area contributed by atoms with E-state index in [-0.39, 0.29) is 30.4 Å². The zero-order valence-corrected chi connectivity index (χ0v) is 17.1. The van der Waals surface area contributed by atoms with Crippen molar-refractivity contribution >= 4 is 11.6 Å². The second-order valence-electron chi connectivity index (χ2n) is 8.43. The van der Waals surface area contributed by atoms with Crippen LogP contribution < -0.4 is 4.90 Å². The lowest BCUT2D eigenvalue weighted by Crippen LogP contribution is -2.42. The van der Waals surface area contributed by atoms with Gasteiger partial charge in [-0.3, -0.25) is 14.5 Å². The first kappa shape index (κ1) is 19.8. The number of halogens is 3. The number of rotatable bonds is 3. The molecule has 3 aromatic rings. The molecule has 1 aromatic carbocycles. The third-order valence-corrected chi connectivity index (χ3v) is 6.34. The molecule has 0 unspecified atom stereocenters. The number of benzene rings is 1. The Hall–Kier alpha value is -3.16. The molecule has 2 aliphatic rings. The van der Waals surface area contributed by atoms with Crippen LogP contribution in [0.4, 0.5) is 18.9 Å². The zero-order valence-electron chi connectivity index (χ0n) is 17.1. The lowest BCUT2D eigenvalue weighted by atomic mass is 9.95. The fraction of sp³-hybridized carbons (Fsp3) is 0.348. The fourth-order valence-electron chi connectivity index (χ4n) is 4.43. The first-order valence-corrected chi connectivity index (χ1v) is 10.2. The number of nitrogens with zero attached hydrogens (tertiary/aromatic N) is 4. The van der Waals surface area contributed by atoms with Crippen molar-refractivity contribution in [1.82, 2.24) is 14.8 Å². The van der Waals surface area contributed by atoms with Crippen molar-refractivity contribution in [3.8, 4) is 11.1 Å². The summed E-state index contributed by atoms with van der Waals surface area (Å²) in [5.74, 6) is -0.218. The second kappa shape index (κ2) is 6.67. The van der Waals surface area contributed by atoms with Gasteiger partial charge in [-0.2, -0.15) is 18.3 Å². The number of aryl methyl sites for hydroxylation is 1.